The highest BCUT2D eigenvalue weighted by molar-refractivity contribution is 5.39. The first-order chi connectivity index (χ1) is 7.79. The van der Waals surface area contributed by atoms with Crippen LogP contribution in [-0.4, -0.2) is 17.3 Å². The molecule has 0 amide bonds. The number of nitrogens with two attached hydrogens (primary N) is 1. The maximum Gasteiger partial charge on any atom is 0.122 e. The van der Waals surface area contributed by atoms with E-state index in [1.165, 1.54) is 6.20 Å². The van der Waals surface area contributed by atoms with Gasteiger partial charge < -0.3 is 10.5 Å². The molecule has 0 atom stereocenters. The van der Waals surface area contributed by atoms with Crippen LogP contribution in [0.1, 0.15) is 11.3 Å². The van der Waals surface area contributed by atoms with Gasteiger partial charge in [0.2, 0.25) is 0 Å². The van der Waals surface area contributed by atoms with E-state index in [0.29, 0.717) is 12.1 Å². The molecule has 0 bridgehead atoms. The molecule has 0 aliphatic carbocycles. The SMILES string of the molecule is COc1ccccc1Cc1cc(N)cnn1. The minimum Gasteiger partial charge on any atom is -0.496 e. The summed E-state index contributed by atoms with van der Waals surface area (Å²) in [4.78, 5) is 0. The molecule has 0 saturated heterocycles. The Kier molecular flexibility index (Phi) is 3.00. The van der Waals surface area contributed by atoms with Gasteiger partial charge in [0.15, 0.2) is 0 Å². The van der Waals surface area contributed by atoms with Gasteiger partial charge in [-0.3, -0.25) is 0 Å². The summed E-state index contributed by atoms with van der Waals surface area (Å²) >= 11 is 0. The summed E-state index contributed by atoms with van der Waals surface area (Å²) in [6.07, 6.45) is 2.20. The van der Waals surface area contributed by atoms with Crippen LogP contribution in [0, 0.1) is 0 Å². The number of benzene rings is 1. The predicted molar refractivity (Wildman–Crippen MR) is 62.2 cm³/mol. The van der Waals surface area contributed by atoms with E-state index in [4.69, 9.17) is 10.5 Å². The molecule has 2 rings (SSSR count). The van der Waals surface area contributed by atoms with Crippen molar-refractivity contribution in [3.05, 3.63) is 47.8 Å². The molecule has 1 aromatic carbocycles. The quantitative estimate of drug-likeness (QED) is 0.845. The molecular formula is C12H13N3O. The monoisotopic (exact) mass is 215 g/mol. The summed E-state index contributed by atoms with van der Waals surface area (Å²) in [6, 6.07) is 9.66. The highest BCUT2D eigenvalue weighted by Crippen LogP contribution is 2.20. The van der Waals surface area contributed by atoms with Crippen LogP contribution in [0.4, 0.5) is 5.69 Å². The van der Waals surface area contributed by atoms with Gasteiger partial charge in [0, 0.05) is 12.0 Å². The maximum atomic E-state index is 5.65. The van der Waals surface area contributed by atoms with Crippen LogP contribution < -0.4 is 10.5 Å². The van der Waals surface area contributed by atoms with Crippen molar-refractivity contribution in [2.45, 2.75) is 6.42 Å². The first-order valence-corrected chi connectivity index (χ1v) is 4.98. The molecule has 0 spiro atoms. The van der Waals surface area contributed by atoms with Crippen LogP contribution in [-0.2, 0) is 6.42 Å². The number of nitrogen functional groups attached to an aromatic ring is 1. The second-order valence-electron chi connectivity index (χ2n) is 3.47. The molecule has 1 aromatic heterocycles. The number of aromatic nitrogens is 2. The first-order valence-electron chi connectivity index (χ1n) is 4.98. The summed E-state index contributed by atoms with van der Waals surface area (Å²) in [6.45, 7) is 0. The van der Waals surface area contributed by atoms with Crippen molar-refractivity contribution < 1.29 is 4.74 Å². The minimum atomic E-state index is 0.625. The van der Waals surface area contributed by atoms with Crippen molar-refractivity contribution in [2.24, 2.45) is 0 Å². The van der Waals surface area contributed by atoms with Crippen LogP contribution in [0.15, 0.2) is 36.5 Å². The Balaban J connectivity index is 2.26. The van der Waals surface area contributed by atoms with Gasteiger partial charge in [-0.15, -0.1) is 0 Å². The molecule has 0 fully saturated rings. The summed E-state index contributed by atoms with van der Waals surface area (Å²) < 4.78 is 5.27. The Hall–Kier alpha value is -2.10. The Bertz CT molecular complexity index is 485. The number of ether oxygens (including phenoxy) is 1. The zero-order valence-corrected chi connectivity index (χ0v) is 9.05. The fourth-order valence-electron chi connectivity index (χ4n) is 1.56. The fraction of sp³-hybridized carbons (Fsp3) is 0.167. The lowest BCUT2D eigenvalue weighted by molar-refractivity contribution is 0.410. The summed E-state index contributed by atoms with van der Waals surface area (Å²) in [7, 11) is 1.66. The summed E-state index contributed by atoms with van der Waals surface area (Å²) in [5.74, 6) is 0.853. The number of methoxy groups -OCH3 is 1. The Morgan fingerprint density at radius 3 is 2.88 bits per heavy atom. The van der Waals surface area contributed by atoms with E-state index in [-0.39, 0.29) is 0 Å². The lowest BCUT2D eigenvalue weighted by Gasteiger charge is -2.07. The van der Waals surface area contributed by atoms with Gasteiger partial charge in [0.1, 0.15) is 5.75 Å². The van der Waals surface area contributed by atoms with Gasteiger partial charge in [-0.25, -0.2) is 0 Å². The fourth-order valence-corrected chi connectivity index (χ4v) is 1.56. The van der Waals surface area contributed by atoms with Crippen molar-refractivity contribution in [2.75, 3.05) is 12.8 Å². The molecule has 1 heterocycles. The molecule has 2 N–H and O–H groups in total. The number of para-hydroxylation sites is 1. The second kappa shape index (κ2) is 4.61. The number of hydrogen-bond acceptors (Lipinski definition) is 4. The number of hydrogen-bond donors (Lipinski definition) is 1. The van der Waals surface area contributed by atoms with Gasteiger partial charge in [0.25, 0.3) is 0 Å². The van der Waals surface area contributed by atoms with Gasteiger partial charge in [-0.05, 0) is 12.1 Å². The largest absolute Gasteiger partial charge is 0.496 e. The lowest BCUT2D eigenvalue weighted by atomic mass is 10.1. The third-order valence-corrected chi connectivity index (χ3v) is 2.29. The van der Waals surface area contributed by atoms with Crippen molar-refractivity contribution in [3.8, 4) is 5.75 Å². The first kappa shape index (κ1) is 10.4. The average molecular weight is 215 g/mol. The topological polar surface area (TPSA) is 61.0 Å². The van der Waals surface area contributed by atoms with Crippen LogP contribution in [0.2, 0.25) is 0 Å². The zero-order chi connectivity index (χ0) is 11.4. The van der Waals surface area contributed by atoms with E-state index >= 15 is 0 Å². The van der Waals surface area contributed by atoms with E-state index in [1.807, 2.05) is 30.3 Å². The summed E-state index contributed by atoms with van der Waals surface area (Å²) in [5.41, 5.74) is 8.19. The average Bonchev–Trinajstić information content (AvgIpc) is 2.30. The van der Waals surface area contributed by atoms with Crippen molar-refractivity contribution in [1.29, 1.82) is 0 Å². The highest BCUT2D eigenvalue weighted by atomic mass is 16.5. The molecular weight excluding hydrogens is 202 g/mol. The van der Waals surface area contributed by atoms with Crippen molar-refractivity contribution in [1.82, 2.24) is 10.2 Å². The van der Waals surface area contributed by atoms with Crippen molar-refractivity contribution >= 4 is 5.69 Å². The molecule has 2 aromatic rings. The van der Waals surface area contributed by atoms with Crippen molar-refractivity contribution in [3.63, 3.8) is 0 Å². The normalized spacial score (nSPS) is 10.1. The molecule has 0 saturated carbocycles. The minimum absolute atomic E-state index is 0.625. The number of nitrogens with zero attached hydrogens (tertiary/aromatic N) is 2. The van der Waals surface area contributed by atoms with Gasteiger partial charge in [-0.1, -0.05) is 18.2 Å². The maximum absolute atomic E-state index is 5.65. The third-order valence-electron chi connectivity index (χ3n) is 2.29. The van der Waals surface area contributed by atoms with Crippen LogP contribution in [0.25, 0.3) is 0 Å². The number of rotatable bonds is 3. The zero-order valence-electron chi connectivity index (χ0n) is 9.05. The smallest absolute Gasteiger partial charge is 0.122 e. The van der Waals surface area contributed by atoms with Gasteiger partial charge in [-0.2, -0.15) is 10.2 Å². The van der Waals surface area contributed by atoms with E-state index in [0.717, 1.165) is 17.0 Å². The van der Waals surface area contributed by atoms with E-state index < -0.39 is 0 Å². The molecule has 82 valence electrons. The van der Waals surface area contributed by atoms with E-state index in [2.05, 4.69) is 10.2 Å². The Morgan fingerprint density at radius 1 is 1.31 bits per heavy atom. The third kappa shape index (κ3) is 2.28. The lowest BCUT2D eigenvalue weighted by Crippen LogP contribution is -1.98. The van der Waals surface area contributed by atoms with Crippen LogP contribution in [0.3, 0.4) is 0 Å². The van der Waals surface area contributed by atoms with Crippen LogP contribution >= 0.6 is 0 Å². The molecule has 16 heavy (non-hydrogen) atoms. The summed E-state index contributed by atoms with van der Waals surface area (Å²) in [5, 5.41) is 7.84. The molecule has 4 heteroatoms. The molecule has 0 aliphatic heterocycles. The standard InChI is InChI=1S/C12H13N3O/c1-16-12-5-3-2-4-9(12)6-11-7-10(13)8-14-15-11/h2-5,7-8H,6H2,1H3,(H2,13,15). The Labute approximate surface area is 94.1 Å². The van der Waals surface area contributed by atoms with Gasteiger partial charge >= 0.3 is 0 Å². The molecule has 0 unspecified atom stereocenters. The highest BCUT2D eigenvalue weighted by Gasteiger charge is 2.04. The second-order valence-corrected chi connectivity index (χ2v) is 3.47. The Morgan fingerprint density at radius 2 is 2.12 bits per heavy atom. The van der Waals surface area contributed by atoms with Gasteiger partial charge in [0.05, 0.1) is 24.7 Å². The number of anilines is 1. The predicted octanol–water partition coefficient (Wildman–Crippen LogP) is 1.66. The molecule has 0 aliphatic rings. The molecule has 0 radical (unpaired) electrons. The van der Waals surface area contributed by atoms with Crippen LogP contribution in [0.5, 0.6) is 5.75 Å². The van der Waals surface area contributed by atoms with E-state index in [9.17, 15) is 0 Å². The van der Waals surface area contributed by atoms with E-state index in [1.54, 1.807) is 7.11 Å². The molecule has 4 nitrogen and oxygen atoms in total.